The van der Waals surface area contributed by atoms with E-state index >= 15 is 0 Å². The molecule has 2 nitrogen and oxygen atoms in total. The molecule has 12 heavy (non-hydrogen) atoms. The van der Waals surface area contributed by atoms with Crippen molar-refractivity contribution < 1.29 is 9.84 Å². The van der Waals surface area contributed by atoms with Crippen LogP contribution in [-0.2, 0) is 0 Å². The number of benzene rings is 1. The second-order valence-corrected chi connectivity index (χ2v) is 2.62. The Morgan fingerprint density at radius 2 is 2.33 bits per heavy atom. The van der Waals surface area contributed by atoms with Gasteiger partial charge in [0.1, 0.15) is 18.1 Å². The first-order valence-electron chi connectivity index (χ1n) is 3.46. The van der Waals surface area contributed by atoms with Gasteiger partial charge in [0.05, 0.1) is 5.02 Å². The zero-order chi connectivity index (χ0) is 8.97. The molecule has 0 saturated carbocycles. The molecule has 1 rings (SSSR count). The van der Waals surface area contributed by atoms with Gasteiger partial charge in [0.25, 0.3) is 0 Å². The van der Waals surface area contributed by atoms with Crippen molar-refractivity contribution in [3.8, 4) is 11.5 Å². The van der Waals surface area contributed by atoms with E-state index < -0.39 is 0 Å². The molecular weight excluding hydrogens is 176 g/mol. The Kier molecular flexibility index (Phi) is 3.00. The summed E-state index contributed by atoms with van der Waals surface area (Å²) in [6.45, 7) is 3.94. The molecule has 0 radical (unpaired) electrons. The first-order valence-corrected chi connectivity index (χ1v) is 3.84. The summed E-state index contributed by atoms with van der Waals surface area (Å²) in [7, 11) is 0. The van der Waals surface area contributed by atoms with Crippen molar-refractivity contribution in [2.24, 2.45) is 0 Å². The molecule has 0 atom stereocenters. The first kappa shape index (κ1) is 8.94. The lowest BCUT2D eigenvalue weighted by molar-refractivity contribution is 0.362. The van der Waals surface area contributed by atoms with Crippen molar-refractivity contribution in [2.75, 3.05) is 6.61 Å². The van der Waals surface area contributed by atoms with Gasteiger partial charge in [-0.05, 0) is 12.1 Å². The molecule has 0 bridgehead atoms. The quantitative estimate of drug-likeness (QED) is 0.732. The Hall–Kier alpha value is -1.15. The van der Waals surface area contributed by atoms with E-state index in [0.29, 0.717) is 12.4 Å². The normalized spacial score (nSPS) is 9.42. The first-order chi connectivity index (χ1) is 5.74. The summed E-state index contributed by atoms with van der Waals surface area (Å²) in [5.74, 6) is 0.681. The maximum absolute atomic E-state index is 9.06. The van der Waals surface area contributed by atoms with Crippen LogP contribution >= 0.6 is 11.6 Å². The van der Waals surface area contributed by atoms with Crippen LogP contribution in [0.2, 0.25) is 5.02 Å². The number of ether oxygens (including phenoxy) is 1. The van der Waals surface area contributed by atoms with Crippen LogP contribution in [0, 0.1) is 0 Å². The molecule has 0 fully saturated rings. The summed E-state index contributed by atoms with van der Waals surface area (Å²) in [5, 5.41) is 9.35. The lowest BCUT2D eigenvalue weighted by atomic mass is 10.3. The van der Waals surface area contributed by atoms with Gasteiger partial charge in [-0.25, -0.2) is 0 Å². The topological polar surface area (TPSA) is 29.5 Å². The second-order valence-electron chi connectivity index (χ2n) is 2.21. The van der Waals surface area contributed by atoms with E-state index in [0.717, 1.165) is 0 Å². The summed E-state index contributed by atoms with van der Waals surface area (Å²) in [5.41, 5.74) is 0. The van der Waals surface area contributed by atoms with E-state index in [2.05, 4.69) is 6.58 Å². The largest absolute Gasteiger partial charge is 0.506 e. The fourth-order valence-electron chi connectivity index (χ4n) is 0.733. The fraction of sp³-hybridized carbons (Fsp3) is 0.111. The highest BCUT2D eigenvalue weighted by atomic mass is 35.5. The number of hydrogen-bond acceptors (Lipinski definition) is 2. The van der Waals surface area contributed by atoms with Crippen molar-refractivity contribution in [3.05, 3.63) is 35.9 Å². The van der Waals surface area contributed by atoms with E-state index in [1.54, 1.807) is 18.2 Å². The molecule has 1 aromatic carbocycles. The number of phenols is 1. The Morgan fingerprint density at radius 1 is 1.58 bits per heavy atom. The van der Waals surface area contributed by atoms with Crippen LogP contribution in [0.4, 0.5) is 0 Å². The molecule has 0 aliphatic rings. The van der Waals surface area contributed by atoms with E-state index in [9.17, 15) is 0 Å². The lowest BCUT2D eigenvalue weighted by Gasteiger charge is -2.03. The van der Waals surface area contributed by atoms with Crippen LogP contribution in [0.3, 0.4) is 0 Å². The van der Waals surface area contributed by atoms with Crippen molar-refractivity contribution >= 4 is 11.6 Å². The molecule has 64 valence electrons. The Labute approximate surface area is 76.0 Å². The zero-order valence-corrected chi connectivity index (χ0v) is 7.21. The number of rotatable bonds is 3. The minimum absolute atomic E-state index is 0.0580. The van der Waals surface area contributed by atoms with Crippen molar-refractivity contribution in [1.82, 2.24) is 0 Å². The molecule has 0 aromatic heterocycles. The highest BCUT2D eigenvalue weighted by Crippen LogP contribution is 2.27. The molecular formula is C9H9ClO2. The smallest absolute Gasteiger partial charge is 0.134 e. The maximum Gasteiger partial charge on any atom is 0.134 e. The van der Waals surface area contributed by atoms with Crippen molar-refractivity contribution in [1.29, 1.82) is 0 Å². The van der Waals surface area contributed by atoms with Gasteiger partial charge >= 0.3 is 0 Å². The average Bonchev–Trinajstić information content (AvgIpc) is 2.07. The number of aromatic hydroxyl groups is 1. The van der Waals surface area contributed by atoms with Gasteiger partial charge in [-0.2, -0.15) is 0 Å². The Balaban J connectivity index is 2.75. The SMILES string of the molecule is C=CCOc1ccc(O)c(Cl)c1. The Bertz CT molecular complexity index is 284. The molecule has 0 unspecified atom stereocenters. The van der Waals surface area contributed by atoms with Crippen molar-refractivity contribution in [2.45, 2.75) is 0 Å². The second kappa shape index (κ2) is 4.02. The summed E-state index contributed by atoms with van der Waals surface area (Å²) < 4.78 is 5.18. The van der Waals surface area contributed by atoms with Gasteiger partial charge in [0.15, 0.2) is 0 Å². The van der Waals surface area contributed by atoms with E-state index in [-0.39, 0.29) is 10.8 Å². The van der Waals surface area contributed by atoms with Crippen LogP contribution in [0.25, 0.3) is 0 Å². The predicted octanol–water partition coefficient (Wildman–Crippen LogP) is 2.61. The summed E-state index contributed by atoms with van der Waals surface area (Å²) in [6.07, 6.45) is 1.64. The molecule has 0 saturated heterocycles. The third-order valence-corrected chi connectivity index (χ3v) is 1.59. The maximum atomic E-state index is 9.06. The standard InChI is InChI=1S/C9H9ClO2/c1-2-5-12-7-3-4-9(11)8(10)6-7/h2-4,6,11H,1,5H2. The lowest BCUT2D eigenvalue weighted by Crippen LogP contribution is -1.91. The highest BCUT2D eigenvalue weighted by molar-refractivity contribution is 6.32. The van der Waals surface area contributed by atoms with Crippen LogP contribution in [0.1, 0.15) is 0 Å². The zero-order valence-electron chi connectivity index (χ0n) is 6.46. The average molecular weight is 185 g/mol. The van der Waals surface area contributed by atoms with E-state index in [1.807, 2.05) is 0 Å². The third-order valence-electron chi connectivity index (χ3n) is 1.29. The molecule has 0 amide bonds. The predicted molar refractivity (Wildman–Crippen MR) is 48.8 cm³/mol. The van der Waals surface area contributed by atoms with Gasteiger partial charge < -0.3 is 9.84 Å². The molecule has 1 aromatic rings. The third kappa shape index (κ3) is 2.17. The summed E-state index contributed by atoms with van der Waals surface area (Å²) >= 11 is 5.64. The van der Waals surface area contributed by atoms with Crippen LogP contribution in [0.15, 0.2) is 30.9 Å². The number of halogens is 1. The van der Waals surface area contributed by atoms with Crippen LogP contribution in [-0.4, -0.2) is 11.7 Å². The highest BCUT2D eigenvalue weighted by Gasteiger charge is 1.99. The molecule has 1 N–H and O–H groups in total. The van der Waals surface area contributed by atoms with Gasteiger partial charge in [0, 0.05) is 6.07 Å². The van der Waals surface area contributed by atoms with Crippen LogP contribution < -0.4 is 4.74 Å². The van der Waals surface area contributed by atoms with Gasteiger partial charge in [0.2, 0.25) is 0 Å². The minimum atomic E-state index is 0.0580. The van der Waals surface area contributed by atoms with Gasteiger partial charge in [-0.1, -0.05) is 24.3 Å². The molecule has 0 heterocycles. The molecule has 0 spiro atoms. The van der Waals surface area contributed by atoms with E-state index in [1.165, 1.54) is 6.07 Å². The van der Waals surface area contributed by atoms with Crippen LogP contribution in [0.5, 0.6) is 11.5 Å². The summed E-state index contributed by atoms with van der Waals surface area (Å²) in [6, 6.07) is 4.69. The Morgan fingerprint density at radius 3 is 2.92 bits per heavy atom. The van der Waals surface area contributed by atoms with E-state index in [4.69, 9.17) is 21.4 Å². The van der Waals surface area contributed by atoms with Gasteiger partial charge in [-0.15, -0.1) is 0 Å². The van der Waals surface area contributed by atoms with Crippen molar-refractivity contribution in [3.63, 3.8) is 0 Å². The summed E-state index contributed by atoms with van der Waals surface area (Å²) in [4.78, 5) is 0. The fourth-order valence-corrected chi connectivity index (χ4v) is 0.903. The molecule has 0 aliphatic heterocycles. The number of phenolic OH excluding ortho intramolecular Hbond substituents is 1. The number of hydrogen-bond donors (Lipinski definition) is 1. The monoisotopic (exact) mass is 184 g/mol. The molecule has 3 heteroatoms. The van der Waals surface area contributed by atoms with Gasteiger partial charge in [-0.3, -0.25) is 0 Å². The minimum Gasteiger partial charge on any atom is -0.506 e. The molecule has 0 aliphatic carbocycles.